The van der Waals surface area contributed by atoms with E-state index in [1.54, 1.807) is 34.7 Å². The molecule has 1 aromatic heterocycles. The molecule has 0 saturated carbocycles. The second-order valence-electron chi connectivity index (χ2n) is 9.98. The highest BCUT2D eigenvalue weighted by molar-refractivity contribution is 6.31. The average Bonchev–Trinajstić information content (AvgIpc) is 3.51. The molecule has 9 nitrogen and oxygen atoms in total. The number of aliphatic hydroxyl groups is 2. The lowest BCUT2D eigenvalue weighted by Crippen LogP contribution is -2.44. The fourth-order valence-corrected chi connectivity index (χ4v) is 5.24. The third kappa shape index (κ3) is 6.27. The highest BCUT2D eigenvalue weighted by Crippen LogP contribution is 2.46. The number of esters is 1. The summed E-state index contributed by atoms with van der Waals surface area (Å²) in [6.07, 6.45) is 7.62. The first kappa shape index (κ1) is 29.5. The van der Waals surface area contributed by atoms with Crippen molar-refractivity contribution in [3.63, 3.8) is 0 Å². The van der Waals surface area contributed by atoms with Crippen LogP contribution in [0.25, 0.3) is 0 Å². The number of aryl methyl sites for hydroxylation is 1. The Morgan fingerprint density at radius 3 is 2.67 bits per heavy atom. The average molecular weight is 567 g/mol. The zero-order chi connectivity index (χ0) is 28.7. The van der Waals surface area contributed by atoms with Crippen molar-refractivity contribution in [2.75, 3.05) is 25.2 Å². The molecule has 0 radical (unpaired) electrons. The standard InChI is InChI=1S/C30H35ClN4O5/c1-21(10-6-8-16-34-19-26(32-33-34)24(20-36)22-11-4-3-5-12-22)30(39)25-18-23(31)14-15-27(25)35(29(30)38)17-9-7-13-28(37)40-2/h3-6,10-12,14-15,18-19,21,24,36,39H,7-9,13,16-17,20H2,1-2H3/b10-6+/t21-,24?,30+/m0/s1. The quantitative estimate of drug-likeness (QED) is 0.181. The van der Waals surface area contributed by atoms with E-state index in [1.807, 2.05) is 48.7 Å². The van der Waals surface area contributed by atoms with Crippen LogP contribution in [-0.2, 0) is 26.5 Å². The molecule has 2 heterocycles. The van der Waals surface area contributed by atoms with Crippen LogP contribution >= 0.6 is 11.6 Å². The number of amides is 1. The number of unbranched alkanes of at least 4 members (excludes halogenated alkanes) is 1. The number of nitrogens with zero attached hydrogens (tertiary/aromatic N) is 4. The van der Waals surface area contributed by atoms with Crippen LogP contribution < -0.4 is 4.90 Å². The van der Waals surface area contributed by atoms with E-state index in [4.69, 9.17) is 11.6 Å². The molecule has 1 aliphatic rings. The molecule has 0 aliphatic carbocycles. The largest absolute Gasteiger partial charge is 0.469 e. The summed E-state index contributed by atoms with van der Waals surface area (Å²) in [5.41, 5.74) is 1.01. The summed E-state index contributed by atoms with van der Waals surface area (Å²) >= 11 is 6.26. The van der Waals surface area contributed by atoms with Crippen molar-refractivity contribution >= 4 is 29.2 Å². The van der Waals surface area contributed by atoms with Gasteiger partial charge < -0.3 is 19.8 Å². The van der Waals surface area contributed by atoms with Gasteiger partial charge in [-0.25, -0.2) is 0 Å². The molecule has 3 atom stereocenters. The smallest absolute Gasteiger partial charge is 0.305 e. The molecular weight excluding hydrogens is 532 g/mol. The number of anilines is 1. The molecule has 1 amide bonds. The van der Waals surface area contributed by atoms with E-state index in [9.17, 15) is 19.8 Å². The van der Waals surface area contributed by atoms with Gasteiger partial charge in [-0.1, -0.05) is 66.2 Å². The molecule has 2 aromatic carbocycles. The van der Waals surface area contributed by atoms with E-state index in [2.05, 4.69) is 15.0 Å². The molecule has 0 fully saturated rings. The molecule has 40 heavy (non-hydrogen) atoms. The second kappa shape index (κ2) is 13.2. The number of aromatic nitrogens is 3. The van der Waals surface area contributed by atoms with Crippen LogP contribution in [0.4, 0.5) is 5.69 Å². The summed E-state index contributed by atoms with van der Waals surface area (Å²) < 4.78 is 6.41. The van der Waals surface area contributed by atoms with Crippen molar-refractivity contribution in [2.45, 2.75) is 50.7 Å². The van der Waals surface area contributed by atoms with E-state index in [0.717, 1.165) is 5.56 Å². The van der Waals surface area contributed by atoms with Gasteiger partial charge in [-0.05, 0) is 43.0 Å². The number of carbonyl (C=O) groups excluding carboxylic acids is 2. The number of fused-ring (bicyclic) bond motifs is 1. The van der Waals surface area contributed by atoms with Gasteiger partial charge in [0.25, 0.3) is 5.91 Å². The molecule has 1 unspecified atom stereocenters. The van der Waals surface area contributed by atoms with Crippen molar-refractivity contribution in [3.05, 3.63) is 88.7 Å². The van der Waals surface area contributed by atoms with Gasteiger partial charge in [0.05, 0.1) is 31.0 Å². The molecule has 0 spiro atoms. The summed E-state index contributed by atoms with van der Waals surface area (Å²) in [6, 6.07) is 14.8. The van der Waals surface area contributed by atoms with E-state index < -0.39 is 17.4 Å². The molecule has 1 aliphatic heterocycles. The summed E-state index contributed by atoms with van der Waals surface area (Å²) in [5, 5.41) is 30.5. The van der Waals surface area contributed by atoms with Crippen molar-refractivity contribution in [3.8, 4) is 0 Å². The summed E-state index contributed by atoms with van der Waals surface area (Å²) in [6.45, 7) is 2.65. The van der Waals surface area contributed by atoms with Crippen LogP contribution in [0, 0.1) is 5.92 Å². The molecule has 3 aromatic rings. The maximum absolute atomic E-state index is 13.6. The summed E-state index contributed by atoms with van der Waals surface area (Å²) in [7, 11) is 1.35. The van der Waals surface area contributed by atoms with Gasteiger partial charge in [-0.15, -0.1) is 5.10 Å². The molecule has 212 valence electrons. The maximum atomic E-state index is 13.6. The van der Waals surface area contributed by atoms with Crippen LogP contribution in [0.5, 0.6) is 0 Å². The lowest BCUT2D eigenvalue weighted by molar-refractivity contribution is -0.140. The molecule has 0 bridgehead atoms. The van der Waals surface area contributed by atoms with Crippen LogP contribution in [0.3, 0.4) is 0 Å². The Kier molecular flexibility index (Phi) is 9.73. The third-order valence-electron chi connectivity index (χ3n) is 7.38. The Morgan fingerprint density at radius 2 is 1.95 bits per heavy atom. The number of halogens is 1. The van der Waals surface area contributed by atoms with Gasteiger partial charge >= 0.3 is 5.97 Å². The zero-order valence-corrected chi connectivity index (χ0v) is 23.5. The van der Waals surface area contributed by atoms with Crippen LogP contribution in [0.1, 0.15) is 55.3 Å². The van der Waals surface area contributed by atoms with Crippen molar-refractivity contribution in [1.82, 2.24) is 15.0 Å². The number of benzene rings is 2. The van der Waals surface area contributed by atoms with E-state index in [1.165, 1.54) is 7.11 Å². The number of hydrogen-bond donors (Lipinski definition) is 2. The lowest BCUT2D eigenvalue weighted by atomic mass is 9.83. The number of ether oxygens (including phenoxy) is 1. The predicted octanol–water partition coefficient (Wildman–Crippen LogP) is 4.22. The number of carbonyl (C=O) groups is 2. The Hall–Kier alpha value is -3.53. The van der Waals surface area contributed by atoms with Crippen molar-refractivity contribution < 1.29 is 24.5 Å². The SMILES string of the molecule is COC(=O)CCCCN1C(=O)[C@@](O)([C@@H](C)/C=C/CCn2cc(C(CO)c3ccccc3)nn2)c2cc(Cl)ccc21. The normalized spacial score (nSPS) is 18.2. The van der Waals surface area contributed by atoms with Gasteiger partial charge in [0, 0.05) is 42.2 Å². The first-order chi connectivity index (χ1) is 19.3. The molecular formula is C30H35ClN4O5. The van der Waals surface area contributed by atoms with Crippen LogP contribution in [-0.4, -0.2) is 57.3 Å². The van der Waals surface area contributed by atoms with Gasteiger partial charge in [0.15, 0.2) is 5.60 Å². The Balaban J connectivity index is 1.40. The van der Waals surface area contributed by atoms with Gasteiger partial charge in [-0.2, -0.15) is 0 Å². The van der Waals surface area contributed by atoms with E-state index >= 15 is 0 Å². The minimum Gasteiger partial charge on any atom is -0.469 e. The van der Waals surface area contributed by atoms with Crippen LogP contribution in [0.15, 0.2) is 66.9 Å². The predicted molar refractivity (Wildman–Crippen MR) is 152 cm³/mol. The Morgan fingerprint density at radius 1 is 1.18 bits per heavy atom. The van der Waals surface area contributed by atoms with Gasteiger partial charge in [0.2, 0.25) is 0 Å². The fourth-order valence-electron chi connectivity index (χ4n) is 5.07. The first-order valence-corrected chi connectivity index (χ1v) is 13.8. The second-order valence-corrected chi connectivity index (χ2v) is 10.4. The highest BCUT2D eigenvalue weighted by Gasteiger charge is 2.52. The number of allylic oxidation sites excluding steroid dienone is 1. The molecule has 2 N–H and O–H groups in total. The molecule has 10 heteroatoms. The third-order valence-corrected chi connectivity index (χ3v) is 7.61. The maximum Gasteiger partial charge on any atom is 0.305 e. The number of aliphatic hydroxyl groups excluding tert-OH is 1. The Bertz CT molecular complexity index is 1340. The van der Waals surface area contributed by atoms with E-state index in [-0.39, 0.29) is 24.9 Å². The van der Waals surface area contributed by atoms with Gasteiger partial charge in [-0.3, -0.25) is 14.3 Å². The fraction of sp³-hybridized carbons (Fsp3) is 0.400. The topological polar surface area (TPSA) is 118 Å². The van der Waals surface area contributed by atoms with E-state index in [0.29, 0.717) is 54.3 Å². The summed E-state index contributed by atoms with van der Waals surface area (Å²) in [4.78, 5) is 26.6. The minimum atomic E-state index is -1.76. The van der Waals surface area contributed by atoms with Crippen LogP contribution in [0.2, 0.25) is 5.02 Å². The number of methoxy groups -OCH3 is 1. The first-order valence-electron chi connectivity index (χ1n) is 13.4. The van der Waals surface area contributed by atoms with Crippen molar-refractivity contribution in [1.29, 1.82) is 0 Å². The Labute approximate surface area is 239 Å². The lowest BCUT2D eigenvalue weighted by Gasteiger charge is -2.27. The number of rotatable bonds is 13. The number of hydrogen-bond acceptors (Lipinski definition) is 7. The van der Waals surface area contributed by atoms with Crippen molar-refractivity contribution in [2.24, 2.45) is 5.92 Å². The summed E-state index contributed by atoms with van der Waals surface area (Å²) in [5.74, 6) is -1.47. The van der Waals surface area contributed by atoms with Gasteiger partial charge in [0.1, 0.15) is 0 Å². The highest BCUT2D eigenvalue weighted by atomic mass is 35.5. The monoisotopic (exact) mass is 566 g/mol. The minimum absolute atomic E-state index is 0.0689. The zero-order valence-electron chi connectivity index (χ0n) is 22.7. The molecule has 0 saturated heterocycles. The molecule has 4 rings (SSSR count).